The summed E-state index contributed by atoms with van der Waals surface area (Å²) in [5.41, 5.74) is 4.94. The lowest BCUT2D eigenvalue weighted by Crippen LogP contribution is -2.42. The molecular formula is C23H17ClN4O4. The van der Waals surface area contributed by atoms with Crippen LogP contribution in [0.5, 0.6) is 5.75 Å². The van der Waals surface area contributed by atoms with Crippen LogP contribution >= 0.6 is 11.6 Å². The van der Waals surface area contributed by atoms with E-state index < -0.39 is 11.8 Å². The lowest BCUT2D eigenvalue weighted by Gasteiger charge is -2.13. The summed E-state index contributed by atoms with van der Waals surface area (Å²) in [6.45, 7) is 0. The standard InChI is InChI=1S/C23H17ClN4O4/c1-32-19-12-11-14(24)13-18(19)21(29)25-26-22(30)20-16-9-5-6-10-17(16)23(31)28(27-20)15-7-3-2-4-8-15/h2-13H,1H3,(H,25,29)(H,26,30). The van der Waals surface area contributed by atoms with Crippen LogP contribution in [-0.4, -0.2) is 28.7 Å². The van der Waals surface area contributed by atoms with Gasteiger partial charge in [0, 0.05) is 10.4 Å². The Morgan fingerprint density at radius 3 is 2.28 bits per heavy atom. The van der Waals surface area contributed by atoms with Gasteiger partial charge in [0.05, 0.1) is 23.7 Å². The number of para-hydroxylation sites is 1. The minimum Gasteiger partial charge on any atom is -0.496 e. The summed E-state index contributed by atoms with van der Waals surface area (Å²) in [4.78, 5) is 38.5. The van der Waals surface area contributed by atoms with Crippen molar-refractivity contribution in [2.24, 2.45) is 0 Å². The van der Waals surface area contributed by atoms with Gasteiger partial charge < -0.3 is 4.74 Å². The van der Waals surface area contributed by atoms with Crippen molar-refractivity contribution in [2.45, 2.75) is 0 Å². The van der Waals surface area contributed by atoms with Gasteiger partial charge in [-0.05, 0) is 36.4 Å². The quantitative estimate of drug-likeness (QED) is 0.467. The highest BCUT2D eigenvalue weighted by Crippen LogP contribution is 2.22. The lowest BCUT2D eigenvalue weighted by molar-refractivity contribution is 0.0842. The monoisotopic (exact) mass is 448 g/mol. The molecule has 32 heavy (non-hydrogen) atoms. The van der Waals surface area contributed by atoms with Gasteiger partial charge in [-0.1, -0.05) is 48.0 Å². The number of amides is 2. The molecule has 3 aromatic carbocycles. The van der Waals surface area contributed by atoms with Gasteiger partial charge in [-0.3, -0.25) is 25.2 Å². The number of aromatic nitrogens is 2. The van der Waals surface area contributed by atoms with Crippen LogP contribution < -0.4 is 21.1 Å². The predicted octanol–water partition coefficient (Wildman–Crippen LogP) is 3.12. The summed E-state index contributed by atoms with van der Waals surface area (Å²) in [5, 5.41) is 5.28. The summed E-state index contributed by atoms with van der Waals surface area (Å²) in [6, 6.07) is 19.9. The second-order valence-corrected chi connectivity index (χ2v) is 7.14. The van der Waals surface area contributed by atoms with Gasteiger partial charge in [-0.2, -0.15) is 9.78 Å². The van der Waals surface area contributed by atoms with Crippen LogP contribution in [0.4, 0.5) is 0 Å². The van der Waals surface area contributed by atoms with E-state index in [0.29, 0.717) is 27.2 Å². The molecule has 0 aliphatic rings. The van der Waals surface area contributed by atoms with Crippen LogP contribution in [0.3, 0.4) is 0 Å². The first-order valence-corrected chi connectivity index (χ1v) is 9.89. The molecule has 0 saturated carbocycles. The van der Waals surface area contributed by atoms with Crippen molar-refractivity contribution in [3.8, 4) is 11.4 Å². The fourth-order valence-electron chi connectivity index (χ4n) is 3.20. The number of rotatable bonds is 4. The Morgan fingerprint density at radius 2 is 1.56 bits per heavy atom. The van der Waals surface area contributed by atoms with Gasteiger partial charge >= 0.3 is 0 Å². The Morgan fingerprint density at radius 1 is 0.906 bits per heavy atom. The number of hydrazine groups is 1. The molecular weight excluding hydrogens is 432 g/mol. The molecule has 0 aliphatic heterocycles. The van der Waals surface area contributed by atoms with Crippen molar-refractivity contribution < 1.29 is 14.3 Å². The van der Waals surface area contributed by atoms with E-state index in [2.05, 4.69) is 16.0 Å². The largest absolute Gasteiger partial charge is 0.496 e. The van der Waals surface area contributed by atoms with E-state index in [1.54, 1.807) is 60.7 Å². The number of hydrogen-bond acceptors (Lipinski definition) is 5. The number of hydrogen-bond donors (Lipinski definition) is 2. The van der Waals surface area contributed by atoms with E-state index in [4.69, 9.17) is 16.3 Å². The zero-order valence-electron chi connectivity index (χ0n) is 16.8. The third-order valence-corrected chi connectivity index (χ3v) is 4.95. The first-order valence-electron chi connectivity index (χ1n) is 9.51. The van der Waals surface area contributed by atoms with E-state index in [1.807, 2.05) is 6.07 Å². The molecule has 0 radical (unpaired) electrons. The number of carbonyl (C=O) groups excluding carboxylic acids is 2. The molecule has 0 fully saturated rings. The molecule has 2 N–H and O–H groups in total. The molecule has 1 aromatic heterocycles. The number of ether oxygens (including phenoxy) is 1. The molecule has 4 rings (SSSR count). The highest BCUT2D eigenvalue weighted by molar-refractivity contribution is 6.31. The van der Waals surface area contributed by atoms with Crippen molar-refractivity contribution >= 4 is 34.2 Å². The zero-order valence-corrected chi connectivity index (χ0v) is 17.6. The number of nitrogens with one attached hydrogen (secondary N) is 2. The molecule has 0 spiro atoms. The molecule has 0 saturated heterocycles. The minimum absolute atomic E-state index is 0.0255. The Kier molecular flexibility index (Phi) is 5.87. The number of methoxy groups -OCH3 is 1. The van der Waals surface area contributed by atoms with Gasteiger partial charge in [0.15, 0.2) is 5.69 Å². The number of benzene rings is 3. The first kappa shape index (κ1) is 21.1. The van der Waals surface area contributed by atoms with Gasteiger partial charge in [0.1, 0.15) is 5.75 Å². The average molecular weight is 449 g/mol. The maximum atomic E-state index is 12.9. The second-order valence-electron chi connectivity index (χ2n) is 6.70. The van der Waals surface area contributed by atoms with Crippen LogP contribution in [0, 0.1) is 0 Å². The van der Waals surface area contributed by atoms with Crippen molar-refractivity contribution in [1.29, 1.82) is 0 Å². The van der Waals surface area contributed by atoms with Gasteiger partial charge in [0.2, 0.25) is 0 Å². The third-order valence-electron chi connectivity index (χ3n) is 4.72. The van der Waals surface area contributed by atoms with Gasteiger partial charge in [-0.25, -0.2) is 0 Å². The highest BCUT2D eigenvalue weighted by atomic mass is 35.5. The molecule has 8 nitrogen and oxygen atoms in total. The molecule has 0 unspecified atom stereocenters. The lowest BCUT2D eigenvalue weighted by atomic mass is 10.1. The normalized spacial score (nSPS) is 10.6. The van der Waals surface area contributed by atoms with Crippen LogP contribution in [-0.2, 0) is 0 Å². The Hall–Kier alpha value is -4.17. The average Bonchev–Trinajstić information content (AvgIpc) is 2.83. The highest BCUT2D eigenvalue weighted by Gasteiger charge is 2.19. The van der Waals surface area contributed by atoms with E-state index >= 15 is 0 Å². The Labute approximate surface area is 187 Å². The van der Waals surface area contributed by atoms with Crippen molar-refractivity contribution in [3.05, 3.63) is 99.4 Å². The van der Waals surface area contributed by atoms with Crippen molar-refractivity contribution in [3.63, 3.8) is 0 Å². The van der Waals surface area contributed by atoms with Crippen molar-refractivity contribution in [2.75, 3.05) is 7.11 Å². The third kappa shape index (κ3) is 4.03. The molecule has 0 atom stereocenters. The molecule has 0 bridgehead atoms. The topological polar surface area (TPSA) is 102 Å². The molecule has 1 heterocycles. The molecule has 2 amide bonds. The number of carbonyl (C=O) groups is 2. The molecule has 9 heteroatoms. The minimum atomic E-state index is -0.694. The molecule has 4 aromatic rings. The number of fused-ring (bicyclic) bond motifs is 1. The maximum absolute atomic E-state index is 12.9. The SMILES string of the molecule is COc1ccc(Cl)cc1C(=O)NNC(=O)c1nn(-c2ccccc2)c(=O)c2ccccc12. The van der Waals surface area contributed by atoms with Crippen LogP contribution in [0.15, 0.2) is 77.6 Å². The van der Waals surface area contributed by atoms with E-state index in [1.165, 1.54) is 13.2 Å². The maximum Gasteiger partial charge on any atom is 0.290 e. The summed E-state index contributed by atoms with van der Waals surface area (Å²) in [7, 11) is 1.42. The van der Waals surface area contributed by atoms with Gasteiger partial charge in [-0.15, -0.1) is 0 Å². The Balaban J connectivity index is 1.68. The number of nitrogens with zero attached hydrogens (tertiary/aromatic N) is 2. The first-order chi connectivity index (χ1) is 15.5. The predicted molar refractivity (Wildman–Crippen MR) is 120 cm³/mol. The molecule has 160 valence electrons. The number of halogens is 1. The van der Waals surface area contributed by atoms with E-state index in [9.17, 15) is 14.4 Å². The second kappa shape index (κ2) is 8.91. The zero-order chi connectivity index (χ0) is 22.7. The summed E-state index contributed by atoms with van der Waals surface area (Å²) >= 11 is 5.97. The van der Waals surface area contributed by atoms with Crippen LogP contribution in [0.25, 0.3) is 16.5 Å². The van der Waals surface area contributed by atoms with Gasteiger partial charge in [0.25, 0.3) is 17.4 Å². The fraction of sp³-hybridized carbons (Fsp3) is 0.0435. The summed E-state index contributed by atoms with van der Waals surface area (Å²) < 4.78 is 6.32. The fourth-order valence-corrected chi connectivity index (χ4v) is 3.37. The van der Waals surface area contributed by atoms with E-state index in [0.717, 1.165) is 4.68 Å². The van der Waals surface area contributed by atoms with Crippen LogP contribution in [0.1, 0.15) is 20.8 Å². The summed E-state index contributed by atoms with van der Waals surface area (Å²) in [5.74, 6) is -1.03. The Bertz CT molecular complexity index is 1390. The molecule has 0 aliphatic carbocycles. The van der Waals surface area contributed by atoms with E-state index in [-0.39, 0.29) is 16.8 Å². The van der Waals surface area contributed by atoms with Crippen molar-refractivity contribution in [1.82, 2.24) is 20.6 Å². The van der Waals surface area contributed by atoms with Crippen LogP contribution in [0.2, 0.25) is 5.02 Å². The smallest absolute Gasteiger partial charge is 0.290 e. The summed E-state index contributed by atoms with van der Waals surface area (Å²) in [6.07, 6.45) is 0.